The van der Waals surface area contributed by atoms with Crippen molar-refractivity contribution < 1.29 is 18.1 Å². The number of nitro benzene ring substituents is 1. The molecule has 3 N–H and O–H groups in total. The van der Waals surface area contributed by atoms with E-state index in [9.17, 15) is 23.3 Å². The fourth-order valence-corrected chi connectivity index (χ4v) is 1.96. The summed E-state index contributed by atoms with van der Waals surface area (Å²) < 4.78 is 38.3. The molecule has 0 spiro atoms. The minimum atomic E-state index is -4.77. The van der Waals surface area contributed by atoms with E-state index in [1.807, 2.05) is 0 Å². The Hall–Kier alpha value is -1.83. The number of rotatable bonds is 5. The quantitative estimate of drug-likeness (QED) is 0.645. The summed E-state index contributed by atoms with van der Waals surface area (Å²) in [5.41, 5.74) is 3.81. The number of benzene rings is 1. The number of hydrogen-bond acceptors (Lipinski definition) is 4. The van der Waals surface area contributed by atoms with Gasteiger partial charge in [0.05, 0.1) is 4.92 Å². The maximum Gasteiger partial charge on any atom is 0.423 e. The van der Waals surface area contributed by atoms with Gasteiger partial charge in [0.15, 0.2) is 0 Å². The summed E-state index contributed by atoms with van der Waals surface area (Å²) in [5, 5.41) is 13.4. The Balaban J connectivity index is 2.16. The molecule has 1 unspecified atom stereocenters. The monoisotopic (exact) mass is 289 g/mol. The van der Waals surface area contributed by atoms with E-state index in [0.717, 1.165) is 25.0 Å². The van der Waals surface area contributed by atoms with E-state index in [1.54, 1.807) is 0 Å². The fraction of sp³-hybridized carbons (Fsp3) is 0.500. The van der Waals surface area contributed by atoms with Crippen molar-refractivity contribution in [3.05, 3.63) is 33.9 Å². The Morgan fingerprint density at radius 3 is 2.60 bits per heavy atom. The molecule has 0 bridgehead atoms. The van der Waals surface area contributed by atoms with Crippen LogP contribution in [0.25, 0.3) is 0 Å². The van der Waals surface area contributed by atoms with Crippen molar-refractivity contribution in [3.8, 4) is 0 Å². The second kappa shape index (κ2) is 5.28. The van der Waals surface area contributed by atoms with Gasteiger partial charge in [-0.3, -0.25) is 10.1 Å². The highest BCUT2D eigenvalue weighted by atomic mass is 19.4. The summed E-state index contributed by atoms with van der Waals surface area (Å²) in [6, 6.07) is 2.75. The van der Waals surface area contributed by atoms with Crippen LogP contribution in [0.1, 0.15) is 18.4 Å². The maximum atomic E-state index is 12.8. The highest BCUT2D eigenvalue weighted by Crippen LogP contribution is 2.37. The van der Waals surface area contributed by atoms with Crippen LogP contribution in [0.4, 0.5) is 24.5 Å². The third kappa shape index (κ3) is 3.38. The molecule has 1 fully saturated rings. The molecule has 0 aromatic heterocycles. The predicted molar refractivity (Wildman–Crippen MR) is 67.3 cm³/mol. The summed E-state index contributed by atoms with van der Waals surface area (Å²) in [7, 11) is 0. The minimum Gasteiger partial charge on any atom is -0.383 e. The molecule has 110 valence electrons. The summed E-state index contributed by atoms with van der Waals surface area (Å²) >= 11 is 0. The zero-order valence-electron chi connectivity index (χ0n) is 10.5. The third-order valence-corrected chi connectivity index (χ3v) is 3.27. The molecule has 0 aliphatic heterocycles. The summed E-state index contributed by atoms with van der Waals surface area (Å²) in [4.78, 5) is 9.57. The molecule has 2 rings (SSSR count). The van der Waals surface area contributed by atoms with Gasteiger partial charge in [-0.1, -0.05) is 0 Å². The molecule has 0 radical (unpaired) electrons. The smallest absolute Gasteiger partial charge is 0.383 e. The number of halogens is 3. The van der Waals surface area contributed by atoms with Crippen LogP contribution in [0.2, 0.25) is 0 Å². The van der Waals surface area contributed by atoms with Crippen molar-refractivity contribution in [2.75, 3.05) is 11.9 Å². The molecule has 1 aromatic rings. The van der Waals surface area contributed by atoms with Crippen LogP contribution in [0.3, 0.4) is 0 Å². The highest BCUT2D eigenvalue weighted by Gasteiger charge is 2.38. The first-order valence-electron chi connectivity index (χ1n) is 6.14. The molecule has 5 nitrogen and oxygen atoms in total. The number of nitrogens with one attached hydrogen (secondary N) is 1. The molecule has 1 saturated carbocycles. The third-order valence-electron chi connectivity index (χ3n) is 3.27. The van der Waals surface area contributed by atoms with Crippen molar-refractivity contribution in [2.24, 2.45) is 11.7 Å². The van der Waals surface area contributed by atoms with Gasteiger partial charge in [-0.15, -0.1) is 0 Å². The van der Waals surface area contributed by atoms with E-state index in [2.05, 4.69) is 5.32 Å². The summed E-state index contributed by atoms with van der Waals surface area (Å²) in [6.45, 7) is 0.347. The predicted octanol–water partition coefficient (Wildman–Crippen LogP) is 2.76. The van der Waals surface area contributed by atoms with E-state index in [0.29, 0.717) is 12.5 Å². The van der Waals surface area contributed by atoms with Gasteiger partial charge in [0.2, 0.25) is 0 Å². The van der Waals surface area contributed by atoms with Gasteiger partial charge in [-0.25, -0.2) is 0 Å². The zero-order valence-corrected chi connectivity index (χ0v) is 10.5. The molecule has 20 heavy (non-hydrogen) atoms. The maximum absolute atomic E-state index is 12.8. The van der Waals surface area contributed by atoms with Gasteiger partial charge < -0.3 is 11.1 Å². The lowest BCUT2D eigenvalue weighted by molar-refractivity contribution is -0.388. The van der Waals surface area contributed by atoms with Crippen molar-refractivity contribution in [3.63, 3.8) is 0 Å². The number of hydrogen-bond donors (Lipinski definition) is 2. The second-order valence-corrected chi connectivity index (χ2v) is 4.87. The van der Waals surface area contributed by atoms with Crippen molar-refractivity contribution in [1.29, 1.82) is 0 Å². The summed E-state index contributed by atoms with van der Waals surface area (Å²) in [5.74, 6) is 0.419. The molecule has 1 aromatic carbocycles. The van der Waals surface area contributed by atoms with Crippen molar-refractivity contribution in [2.45, 2.75) is 25.1 Å². The Labute approximate surface area is 113 Å². The van der Waals surface area contributed by atoms with Gasteiger partial charge >= 0.3 is 6.18 Å². The van der Waals surface area contributed by atoms with Crippen LogP contribution in [-0.2, 0) is 6.18 Å². The molecule has 0 saturated heterocycles. The molecule has 0 heterocycles. The number of nitrogens with zero attached hydrogens (tertiary/aromatic N) is 1. The van der Waals surface area contributed by atoms with Gasteiger partial charge in [-0.2, -0.15) is 13.2 Å². The zero-order chi connectivity index (χ0) is 14.9. The normalized spacial score (nSPS) is 16.8. The van der Waals surface area contributed by atoms with Crippen molar-refractivity contribution in [1.82, 2.24) is 0 Å². The fourth-order valence-electron chi connectivity index (χ4n) is 1.96. The molecular formula is C12H14F3N3O2. The average Bonchev–Trinajstić information content (AvgIpc) is 3.18. The van der Waals surface area contributed by atoms with Gasteiger partial charge in [0.25, 0.3) is 5.69 Å². The van der Waals surface area contributed by atoms with Crippen LogP contribution in [-0.4, -0.2) is 17.5 Å². The Morgan fingerprint density at radius 2 is 2.10 bits per heavy atom. The van der Waals surface area contributed by atoms with Crippen LogP contribution < -0.4 is 11.1 Å². The molecule has 8 heteroatoms. The number of alkyl halides is 3. The minimum absolute atomic E-state index is 0.112. The average molecular weight is 289 g/mol. The van der Waals surface area contributed by atoms with Crippen LogP contribution in [0, 0.1) is 16.0 Å². The number of anilines is 1. The SMILES string of the molecule is NC(CNc1ccc([N+](=O)[O-])c(C(F)(F)F)c1)C1CC1. The lowest BCUT2D eigenvalue weighted by atomic mass is 10.1. The lowest BCUT2D eigenvalue weighted by Crippen LogP contribution is -2.31. The molecular weight excluding hydrogens is 275 g/mol. The molecule has 1 atom stereocenters. The van der Waals surface area contributed by atoms with Gasteiger partial charge in [0.1, 0.15) is 5.56 Å². The second-order valence-electron chi connectivity index (χ2n) is 4.87. The van der Waals surface area contributed by atoms with Crippen LogP contribution >= 0.6 is 0 Å². The van der Waals surface area contributed by atoms with E-state index in [-0.39, 0.29) is 11.7 Å². The molecule has 0 amide bonds. The summed E-state index contributed by atoms with van der Waals surface area (Å²) in [6.07, 6.45) is -2.69. The standard InChI is InChI=1S/C12H14F3N3O2/c13-12(14,15)9-5-8(3-4-11(9)18(19)20)17-6-10(16)7-1-2-7/h3-5,7,10,17H,1-2,6,16H2. The molecule has 1 aliphatic carbocycles. The number of nitrogens with two attached hydrogens (primary N) is 1. The van der Waals surface area contributed by atoms with Gasteiger partial charge in [-0.05, 0) is 30.9 Å². The topological polar surface area (TPSA) is 81.2 Å². The Bertz CT molecular complexity index is 515. The van der Waals surface area contributed by atoms with E-state index in [1.165, 1.54) is 6.07 Å². The highest BCUT2D eigenvalue weighted by molar-refractivity contribution is 5.55. The van der Waals surface area contributed by atoms with E-state index in [4.69, 9.17) is 5.73 Å². The first kappa shape index (κ1) is 14.6. The Kier molecular flexibility index (Phi) is 3.85. The van der Waals surface area contributed by atoms with Crippen LogP contribution in [0.5, 0.6) is 0 Å². The number of nitro groups is 1. The first-order valence-corrected chi connectivity index (χ1v) is 6.14. The van der Waals surface area contributed by atoms with E-state index >= 15 is 0 Å². The lowest BCUT2D eigenvalue weighted by Gasteiger charge is -2.14. The first-order chi connectivity index (χ1) is 9.29. The Morgan fingerprint density at radius 1 is 1.45 bits per heavy atom. The molecule has 1 aliphatic rings. The largest absolute Gasteiger partial charge is 0.423 e. The van der Waals surface area contributed by atoms with Gasteiger partial charge in [0, 0.05) is 24.3 Å². The van der Waals surface area contributed by atoms with Crippen molar-refractivity contribution >= 4 is 11.4 Å². The van der Waals surface area contributed by atoms with E-state index < -0.39 is 22.4 Å². The van der Waals surface area contributed by atoms with Crippen LogP contribution in [0.15, 0.2) is 18.2 Å².